The normalized spacial score (nSPS) is 10.9. The number of nitrogens with zero attached hydrogens (tertiary/aromatic N) is 4. The van der Waals surface area contributed by atoms with E-state index in [0.717, 1.165) is 27.9 Å². The van der Waals surface area contributed by atoms with Crippen molar-refractivity contribution >= 4 is 35.0 Å². The standard InChI is InChI=1S/C19H20ClN5OS/c1-11-5-6-13(3)16(9-11)25-19(22-23-24-25)27-10-17(26)21-18-14(4)7-12(2)8-15(18)20/h5-9H,10H2,1-4H3,(H,21,26). The smallest absolute Gasteiger partial charge is 0.234 e. The molecule has 6 nitrogen and oxygen atoms in total. The van der Waals surface area contributed by atoms with Crippen LogP contribution in [0, 0.1) is 27.7 Å². The molecule has 1 aromatic heterocycles. The van der Waals surface area contributed by atoms with Crippen LogP contribution in [0.25, 0.3) is 5.69 Å². The first-order chi connectivity index (χ1) is 12.8. The highest BCUT2D eigenvalue weighted by molar-refractivity contribution is 7.99. The summed E-state index contributed by atoms with van der Waals surface area (Å²) >= 11 is 7.54. The Morgan fingerprint density at radius 3 is 2.63 bits per heavy atom. The lowest BCUT2D eigenvalue weighted by atomic mass is 10.1. The van der Waals surface area contributed by atoms with Crippen molar-refractivity contribution < 1.29 is 4.79 Å². The van der Waals surface area contributed by atoms with Crippen LogP contribution in [0.5, 0.6) is 0 Å². The number of hydrogen-bond acceptors (Lipinski definition) is 5. The molecule has 0 unspecified atom stereocenters. The van der Waals surface area contributed by atoms with E-state index in [0.29, 0.717) is 15.9 Å². The van der Waals surface area contributed by atoms with Crippen molar-refractivity contribution in [2.45, 2.75) is 32.9 Å². The van der Waals surface area contributed by atoms with Gasteiger partial charge in [-0.2, -0.15) is 4.68 Å². The first-order valence-corrected chi connectivity index (χ1v) is 9.77. The second-order valence-electron chi connectivity index (χ2n) is 6.44. The Morgan fingerprint density at radius 1 is 1.11 bits per heavy atom. The van der Waals surface area contributed by atoms with Gasteiger partial charge in [0.1, 0.15) is 0 Å². The molecule has 0 bridgehead atoms. The Labute approximate surface area is 167 Å². The lowest BCUT2D eigenvalue weighted by Gasteiger charge is -2.12. The minimum atomic E-state index is -0.163. The highest BCUT2D eigenvalue weighted by Crippen LogP contribution is 2.28. The topological polar surface area (TPSA) is 72.7 Å². The average molecular weight is 402 g/mol. The zero-order chi connectivity index (χ0) is 19.6. The van der Waals surface area contributed by atoms with Crippen LogP contribution in [0.3, 0.4) is 0 Å². The van der Waals surface area contributed by atoms with Gasteiger partial charge in [0.15, 0.2) is 0 Å². The van der Waals surface area contributed by atoms with Gasteiger partial charge in [0.25, 0.3) is 0 Å². The Hall–Kier alpha value is -2.38. The van der Waals surface area contributed by atoms with Gasteiger partial charge in [-0.25, -0.2) is 0 Å². The van der Waals surface area contributed by atoms with Crippen molar-refractivity contribution in [1.29, 1.82) is 0 Å². The number of aromatic nitrogens is 4. The number of thioether (sulfide) groups is 1. The van der Waals surface area contributed by atoms with Gasteiger partial charge >= 0.3 is 0 Å². The molecule has 0 aliphatic heterocycles. The monoisotopic (exact) mass is 401 g/mol. The molecule has 1 heterocycles. The maximum absolute atomic E-state index is 12.4. The minimum Gasteiger partial charge on any atom is -0.324 e. The Morgan fingerprint density at radius 2 is 1.89 bits per heavy atom. The number of tetrazole rings is 1. The van der Waals surface area contributed by atoms with Crippen LogP contribution in [0.2, 0.25) is 5.02 Å². The molecule has 3 aromatic rings. The van der Waals surface area contributed by atoms with Crippen molar-refractivity contribution in [2.24, 2.45) is 0 Å². The van der Waals surface area contributed by atoms with E-state index in [1.807, 2.05) is 58.0 Å². The fraction of sp³-hybridized carbons (Fsp3) is 0.263. The summed E-state index contributed by atoms with van der Waals surface area (Å²) in [6, 6.07) is 9.89. The molecule has 27 heavy (non-hydrogen) atoms. The summed E-state index contributed by atoms with van der Waals surface area (Å²) in [6.07, 6.45) is 0. The largest absolute Gasteiger partial charge is 0.324 e. The molecule has 0 radical (unpaired) electrons. The fourth-order valence-electron chi connectivity index (χ4n) is 2.75. The van der Waals surface area contributed by atoms with Gasteiger partial charge in [-0.3, -0.25) is 4.79 Å². The quantitative estimate of drug-likeness (QED) is 0.646. The number of nitrogens with one attached hydrogen (secondary N) is 1. The summed E-state index contributed by atoms with van der Waals surface area (Å²) in [5, 5.41) is 15.8. The van der Waals surface area contributed by atoms with E-state index >= 15 is 0 Å². The van der Waals surface area contributed by atoms with E-state index in [1.54, 1.807) is 4.68 Å². The number of amides is 1. The Kier molecular flexibility index (Phi) is 5.82. The SMILES string of the molecule is Cc1cc(C)c(NC(=O)CSc2nnnn2-c2cc(C)ccc2C)c(Cl)c1. The zero-order valence-electron chi connectivity index (χ0n) is 15.6. The second kappa shape index (κ2) is 8.10. The van der Waals surface area contributed by atoms with Crippen LogP contribution < -0.4 is 5.32 Å². The number of rotatable bonds is 5. The van der Waals surface area contributed by atoms with Crippen molar-refractivity contribution in [3.63, 3.8) is 0 Å². The van der Waals surface area contributed by atoms with E-state index in [4.69, 9.17) is 11.6 Å². The van der Waals surface area contributed by atoms with Gasteiger partial charge < -0.3 is 5.32 Å². The van der Waals surface area contributed by atoms with Crippen LogP contribution in [0.4, 0.5) is 5.69 Å². The molecule has 1 amide bonds. The molecule has 0 aliphatic carbocycles. The Balaban J connectivity index is 1.72. The number of hydrogen-bond donors (Lipinski definition) is 1. The van der Waals surface area contributed by atoms with Gasteiger partial charge in [0.2, 0.25) is 11.1 Å². The second-order valence-corrected chi connectivity index (χ2v) is 7.79. The average Bonchev–Trinajstić information content (AvgIpc) is 3.06. The number of aryl methyl sites for hydroxylation is 4. The predicted molar refractivity (Wildman–Crippen MR) is 109 cm³/mol. The number of carbonyl (C=O) groups is 1. The summed E-state index contributed by atoms with van der Waals surface area (Å²) in [6.45, 7) is 7.90. The van der Waals surface area contributed by atoms with Crippen LogP contribution in [0.1, 0.15) is 22.3 Å². The lowest BCUT2D eigenvalue weighted by Crippen LogP contribution is -2.16. The summed E-state index contributed by atoms with van der Waals surface area (Å²) in [7, 11) is 0. The Bertz CT molecular complexity index is 979. The molecular formula is C19H20ClN5OS. The number of benzene rings is 2. The molecule has 0 spiro atoms. The molecule has 8 heteroatoms. The molecule has 0 atom stereocenters. The summed E-state index contributed by atoms with van der Waals surface area (Å²) < 4.78 is 1.66. The number of carbonyl (C=O) groups excluding carboxylic acids is 1. The van der Waals surface area contributed by atoms with Gasteiger partial charge in [-0.1, -0.05) is 41.6 Å². The highest BCUT2D eigenvalue weighted by atomic mass is 35.5. The van der Waals surface area contributed by atoms with Crippen LogP contribution in [0.15, 0.2) is 35.5 Å². The van der Waals surface area contributed by atoms with E-state index in [1.165, 1.54) is 11.8 Å². The molecule has 3 rings (SSSR count). The fourth-order valence-corrected chi connectivity index (χ4v) is 3.80. The molecule has 0 aliphatic rings. The maximum Gasteiger partial charge on any atom is 0.234 e. The summed E-state index contributed by atoms with van der Waals surface area (Å²) in [4.78, 5) is 12.4. The van der Waals surface area contributed by atoms with Gasteiger partial charge in [0, 0.05) is 0 Å². The molecule has 1 N–H and O–H groups in total. The van der Waals surface area contributed by atoms with Crippen molar-refractivity contribution in [3.8, 4) is 5.69 Å². The summed E-state index contributed by atoms with van der Waals surface area (Å²) in [5.74, 6) is 0.0129. The van der Waals surface area contributed by atoms with Gasteiger partial charge in [0.05, 0.1) is 22.2 Å². The molecule has 2 aromatic carbocycles. The number of anilines is 1. The first-order valence-electron chi connectivity index (χ1n) is 8.40. The predicted octanol–water partition coefficient (Wildman–Crippen LogP) is 4.28. The van der Waals surface area contributed by atoms with Crippen LogP contribution in [-0.4, -0.2) is 31.9 Å². The van der Waals surface area contributed by atoms with E-state index < -0.39 is 0 Å². The molecule has 0 saturated carbocycles. The lowest BCUT2D eigenvalue weighted by molar-refractivity contribution is -0.113. The molecule has 140 valence electrons. The van der Waals surface area contributed by atoms with E-state index in [9.17, 15) is 4.79 Å². The zero-order valence-corrected chi connectivity index (χ0v) is 17.1. The van der Waals surface area contributed by atoms with E-state index in [-0.39, 0.29) is 11.7 Å². The van der Waals surface area contributed by atoms with Crippen LogP contribution in [-0.2, 0) is 4.79 Å². The molecule has 0 saturated heterocycles. The first kappa shape index (κ1) is 19.4. The number of halogens is 1. The van der Waals surface area contributed by atoms with Crippen molar-refractivity contribution in [1.82, 2.24) is 20.2 Å². The third kappa shape index (κ3) is 4.48. The van der Waals surface area contributed by atoms with Gasteiger partial charge in [-0.05, 0) is 72.5 Å². The summed E-state index contributed by atoms with van der Waals surface area (Å²) in [5.41, 5.74) is 5.70. The third-order valence-corrected chi connectivity index (χ3v) is 5.28. The molecule has 0 fully saturated rings. The van der Waals surface area contributed by atoms with Crippen molar-refractivity contribution in [3.05, 3.63) is 57.6 Å². The van der Waals surface area contributed by atoms with E-state index in [2.05, 4.69) is 20.8 Å². The minimum absolute atomic E-state index is 0.163. The van der Waals surface area contributed by atoms with Gasteiger partial charge in [-0.15, -0.1) is 5.10 Å². The van der Waals surface area contributed by atoms with Crippen molar-refractivity contribution in [2.75, 3.05) is 11.1 Å². The highest BCUT2D eigenvalue weighted by Gasteiger charge is 2.15. The maximum atomic E-state index is 12.4. The third-order valence-electron chi connectivity index (χ3n) is 4.06. The molecular weight excluding hydrogens is 382 g/mol. The van der Waals surface area contributed by atoms with Crippen LogP contribution >= 0.6 is 23.4 Å².